The van der Waals surface area contributed by atoms with Crippen LogP contribution in [0.1, 0.15) is 5.56 Å². The molecule has 1 heterocycles. The van der Waals surface area contributed by atoms with Crippen molar-refractivity contribution in [2.75, 3.05) is 5.73 Å². The zero-order valence-electron chi connectivity index (χ0n) is 7.29. The number of aryl methyl sites for hydroxylation is 1. The molecule has 0 fully saturated rings. The van der Waals surface area contributed by atoms with Crippen molar-refractivity contribution in [3.63, 3.8) is 0 Å². The number of hydrogen-bond donors (Lipinski definition) is 2. The molecule has 2 aromatic rings. The first-order valence-corrected chi connectivity index (χ1v) is 4.06. The van der Waals surface area contributed by atoms with Crippen LogP contribution < -0.4 is 11.3 Å². The van der Waals surface area contributed by atoms with Gasteiger partial charge in [0.25, 0.3) is 0 Å². The number of H-pyrrole nitrogens is 1. The number of anilines is 1. The third-order valence-corrected chi connectivity index (χ3v) is 2.07. The molecule has 0 aliphatic carbocycles. The van der Waals surface area contributed by atoms with Gasteiger partial charge in [-0.1, -0.05) is 6.07 Å². The Morgan fingerprint density at radius 3 is 2.85 bits per heavy atom. The molecular weight excluding hydrogens is 164 g/mol. The summed E-state index contributed by atoms with van der Waals surface area (Å²) in [6, 6.07) is 7.09. The molecule has 3 N–H and O–H groups in total. The van der Waals surface area contributed by atoms with Crippen LogP contribution >= 0.6 is 0 Å². The molecule has 0 saturated carbocycles. The van der Waals surface area contributed by atoms with Crippen LogP contribution in [0.5, 0.6) is 0 Å². The van der Waals surface area contributed by atoms with Crippen molar-refractivity contribution in [2.45, 2.75) is 6.92 Å². The highest BCUT2D eigenvalue weighted by Gasteiger charge is 1.98. The van der Waals surface area contributed by atoms with Crippen LogP contribution in [0.4, 0.5) is 5.69 Å². The maximum absolute atomic E-state index is 11.1. The summed E-state index contributed by atoms with van der Waals surface area (Å²) in [6.45, 7) is 1.91. The van der Waals surface area contributed by atoms with E-state index in [9.17, 15) is 4.79 Å². The van der Waals surface area contributed by atoms with E-state index in [4.69, 9.17) is 5.73 Å². The van der Waals surface area contributed by atoms with Crippen molar-refractivity contribution in [1.82, 2.24) is 4.98 Å². The number of aromatic amines is 1. The lowest BCUT2D eigenvalue weighted by atomic mass is 10.1. The molecule has 0 saturated heterocycles. The standard InChI is InChI=1S/C10H10N2O/c1-6-4-10(13)12-9-5-7(11)2-3-8(6)9/h2-5H,11H2,1H3,(H,12,13). The Labute approximate surface area is 75.2 Å². The summed E-state index contributed by atoms with van der Waals surface area (Å²) >= 11 is 0. The van der Waals surface area contributed by atoms with Gasteiger partial charge in [-0.05, 0) is 24.6 Å². The fraction of sp³-hybridized carbons (Fsp3) is 0.100. The average molecular weight is 174 g/mol. The third kappa shape index (κ3) is 1.28. The van der Waals surface area contributed by atoms with E-state index in [1.165, 1.54) is 0 Å². The number of benzene rings is 1. The van der Waals surface area contributed by atoms with Crippen molar-refractivity contribution in [3.05, 3.63) is 40.2 Å². The van der Waals surface area contributed by atoms with Crippen molar-refractivity contribution < 1.29 is 0 Å². The minimum absolute atomic E-state index is 0.0874. The number of hydrogen-bond acceptors (Lipinski definition) is 2. The minimum Gasteiger partial charge on any atom is -0.399 e. The highest BCUT2D eigenvalue weighted by atomic mass is 16.1. The second-order valence-electron chi connectivity index (χ2n) is 3.12. The highest BCUT2D eigenvalue weighted by Crippen LogP contribution is 2.16. The Hall–Kier alpha value is -1.77. The molecule has 1 aromatic carbocycles. The molecular formula is C10H10N2O. The van der Waals surface area contributed by atoms with Gasteiger partial charge in [0.05, 0.1) is 5.52 Å². The maximum Gasteiger partial charge on any atom is 0.248 e. The summed E-state index contributed by atoms with van der Waals surface area (Å²) < 4.78 is 0. The first-order chi connectivity index (χ1) is 6.16. The van der Waals surface area contributed by atoms with E-state index in [1.807, 2.05) is 19.1 Å². The van der Waals surface area contributed by atoms with Crippen LogP contribution in [-0.2, 0) is 0 Å². The predicted octanol–water partition coefficient (Wildman–Crippen LogP) is 1.42. The Morgan fingerprint density at radius 2 is 2.08 bits per heavy atom. The Kier molecular flexibility index (Phi) is 1.59. The number of aromatic nitrogens is 1. The van der Waals surface area contributed by atoms with Crippen LogP contribution in [0.3, 0.4) is 0 Å². The first-order valence-electron chi connectivity index (χ1n) is 4.06. The largest absolute Gasteiger partial charge is 0.399 e. The topological polar surface area (TPSA) is 58.9 Å². The van der Waals surface area contributed by atoms with Gasteiger partial charge in [0.2, 0.25) is 5.56 Å². The molecule has 0 unspecified atom stereocenters. The maximum atomic E-state index is 11.1. The Balaban J connectivity index is 2.94. The molecule has 1 aromatic heterocycles. The normalized spacial score (nSPS) is 10.5. The van der Waals surface area contributed by atoms with Gasteiger partial charge in [-0.15, -0.1) is 0 Å². The first kappa shape index (κ1) is 7.86. The van der Waals surface area contributed by atoms with Crippen LogP contribution in [0.15, 0.2) is 29.1 Å². The third-order valence-electron chi connectivity index (χ3n) is 2.07. The quantitative estimate of drug-likeness (QED) is 0.593. The van der Waals surface area contributed by atoms with Gasteiger partial charge in [0.1, 0.15) is 0 Å². The molecule has 13 heavy (non-hydrogen) atoms. The molecule has 0 atom stereocenters. The molecule has 66 valence electrons. The lowest BCUT2D eigenvalue weighted by molar-refractivity contribution is 1.28. The average Bonchev–Trinajstić information content (AvgIpc) is 2.02. The van der Waals surface area contributed by atoms with Gasteiger partial charge < -0.3 is 10.7 Å². The number of nitrogens with one attached hydrogen (secondary N) is 1. The van der Waals surface area contributed by atoms with E-state index in [0.29, 0.717) is 5.69 Å². The number of nitrogen functional groups attached to an aromatic ring is 1. The van der Waals surface area contributed by atoms with Gasteiger partial charge >= 0.3 is 0 Å². The number of fused-ring (bicyclic) bond motifs is 1. The van der Waals surface area contributed by atoms with Crippen molar-refractivity contribution in [1.29, 1.82) is 0 Å². The fourth-order valence-electron chi connectivity index (χ4n) is 1.45. The zero-order chi connectivity index (χ0) is 9.42. The van der Waals surface area contributed by atoms with E-state index >= 15 is 0 Å². The Bertz CT molecular complexity index is 514. The van der Waals surface area contributed by atoms with Gasteiger partial charge in [0.15, 0.2) is 0 Å². The number of rotatable bonds is 0. The molecule has 0 spiro atoms. The minimum atomic E-state index is -0.0874. The SMILES string of the molecule is Cc1cc(=O)[nH]c2cc(N)ccc12. The summed E-state index contributed by atoms with van der Waals surface area (Å²) in [5.74, 6) is 0. The van der Waals surface area contributed by atoms with Crippen LogP contribution in [0.2, 0.25) is 0 Å². The summed E-state index contributed by atoms with van der Waals surface area (Å²) in [6.07, 6.45) is 0. The molecule has 0 aliphatic rings. The van der Waals surface area contributed by atoms with Gasteiger partial charge in [0, 0.05) is 17.1 Å². The van der Waals surface area contributed by atoms with Gasteiger partial charge in [-0.3, -0.25) is 4.79 Å². The zero-order valence-corrected chi connectivity index (χ0v) is 7.29. The molecule has 0 aliphatic heterocycles. The van der Waals surface area contributed by atoms with E-state index in [0.717, 1.165) is 16.5 Å². The van der Waals surface area contributed by atoms with E-state index < -0.39 is 0 Å². The number of pyridine rings is 1. The van der Waals surface area contributed by atoms with Crippen molar-refractivity contribution in [3.8, 4) is 0 Å². The lowest BCUT2D eigenvalue weighted by Gasteiger charge is -2.01. The predicted molar refractivity (Wildman–Crippen MR) is 53.7 cm³/mol. The van der Waals surface area contributed by atoms with Gasteiger partial charge in [-0.25, -0.2) is 0 Å². The monoisotopic (exact) mass is 174 g/mol. The lowest BCUT2D eigenvalue weighted by Crippen LogP contribution is -2.04. The number of nitrogens with two attached hydrogens (primary N) is 1. The molecule has 2 rings (SSSR count). The van der Waals surface area contributed by atoms with Crippen LogP contribution in [0, 0.1) is 6.92 Å². The van der Waals surface area contributed by atoms with Crippen molar-refractivity contribution >= 4 is 16.6 Å². The smallest absolute Gasteiger partial charge is 0.248 e. The molecule has 0 bridgehead atoms. The summed E-state index contributed by atoms with van der Waals surface area (Å²) in [4.78, 5) is 13.9. The Morgan fingerprint density at radius 1 is 1.31 bits per heavy atom. The van der Waals surface area contributed by atoms with Crippen LogP contribution in [0.25, 0.3) is 10.9 Å². The van der Waals surface area contributed by atoms with E-state index in [2.05, 4.69) is 4.98 Å². The highest BCUT2D eigenvalue weighted by molar-refractivity contribution is 5.84. The summed E-state index contributed by atoms with van der Waals surface area (Å²) in [5, 5.41) is 1.04. The second kappa shape index (κ2) is 2.62. The molecule has 0 amide bonds. The van der Waals surface area contributed by atoms with Crippen molar-refractivity contribution in [2.24, 2.45) is 0 Å². The summed E-state index contributed by atoms with van der Waals surface area (Å²) in [5.41, 5.74) is 7.94. The molecule has 3 heteroatoms. The summed E-state index contributed by atoms with van der Waals surface area (Å²) in [7, 11) is 0. The molecule has 0 radical (unpaired) electrons. The second-order valence-corrected chi connectivity index (χ2v) is 3.12. The molecule has 3 nitrogen and oxygen atoms in total. The fourth-order valence-corrected chi connectivity index (χ4v) is 1.45. The van der Waals surface area contributed by atoms with Gasteiger partial charge in [-0.2, -0.15) is 0 Å². The van der Waals surface area contributed by atoms with Crippen LogP contribution in [-0.4, -0.2) is 4.98 Å². The van der Waals surface area contributed by atoms with E-state index in [1.54, 1.807) is 12.1 Å². The van der Waals surface area contributed by atoms with E-state index in [-0.39, 0.29) is 5.56 Å².